The predicted molar refractivity (Wildman–Crippen MR) is 107 cm³/mol. The van der Waals surface area contributed by atoms with Gasteiger partial charge in [-0.25, -0.2) is 0 Å². The lowest BCUT2D eigenvalue weighted by molar-refractivity contribution is -0.00649. The summed E-state index contributed by atoms with van der Waals surface area (Å²) in [5, 5.41) is 5.18. The van der Waals surface area contributed by atoms with Crippen LogP contribution in [0.4, 0.5) is 0 Å². The van der Waals surface area contributed by atoms with Gasteiger partial charge in [0.25, 0.3) is 10.2 Å². The van der Waals surface area contributed by atoms with Gasteiger partial charge in [-0.05, 0) is 30.3 Å². The molecular formula is C18H25ClN4O4S. The average Bonchev–Trinajstić information content (AvgIpc) is 3.04. The summed E-state index contributed by atoms with van der Waals surface area (Å²) in [5.41, 5.74) is 1.71. The molecule has 1 fully saturated rings. The number of nitrogens with zero attached hydrogens (tertiary/aromatic N) is 4. The number of hydrogen-bond donors (Lipinski definition) is 0. The summed E-state index contributed by atoms with van der Waals surface area (Å²) in [6.07, 6.45) is 0.277. The molecule has 0 aliphatic carbocycles. The first-order valence-electron chi connectivity index (χ1n) is 8.98. The van der Waals surface area contributed by atoms with E-state index in [1.54, 1.807) is 16.8 Å². The highest BCUT2D eigenvalue weighted by Gasteiger charge is 2.32. The molecule has 0 amide bonds. The van der Waals surface area contributed by atoms with Crippen molar-refractivity contribution in [3.05, 3.63) is 46.7 Å². The van der Waals surface area contributed by atoms with Crippen LogP contribution in [-0.2, 0) is 28.4 Å². The Kier molecular flexibility index (Phi) is 6.61. The summed E-state index contributed by atoms with van der Waals surface area (Å²) in [6, 6.07) is 9.17. The molecule has 1 atom stereocenters. The number of morpholine rings is 1. The SMILES string of the molecule is CN(C)S(=O)(=O)N1CCOC(c2cc(CCOc3ccc(Cl)cc3)n(C)n2)C1. The molecule has 10 heteroatoms. The summed E-state index contributed by atoms with van der Waals surface area (Å²) in [6.45, 7) is 1.42. The van der Waals surface area contributed by atoms with Gasteiger partial charge in [0.15, 0.2) is 0 Å². The standard InChI is InChI=1S/C18H25ClN4O4S/c1-21(2)28(24,25)23-9-11-27-18(13-23)17-12-15(22(3)20-17)8-10-26-16-6-4-14(19)5-7-16/h4-7,12,18H,8-11,13H2,1-3H3. The Morgan fingerprint density at radius 2 is 2.04 bits per heavy atom. The van der Waals surface area contributed by atoms with Crippen molar-refractivity contribution in [2.24, 2.45) is 7.05 Å². The van der Waals surface area contributed by atoms with E-state index in [1.165, 1.54) is 22.7 Å². The Labute approximate surface area is 170 Å². The van der Waals surface area contributed by atoms with E-state index < -0.39 is 10.2 Å². The van der Waals surface area contributed by atoms with Gasteiger partial charge in [0.1, 0.15) is 11.9 Å². The fourth-order valence-electron chi connectivity index (χ4n) is 2.97. The Hall–Kier alpha value is -1.65. The second-order valence-electron chi connectivity index (χ2n) is 6.74. The quantitative estimate of drug-likeness (QED) is 0.672. The van der Waals surface area contributed by atoms with Crippen molar-refractivity contribution in [3.63, 3.8) is 0 Å². The van der Waals surface area contributed by atoms with Crippen molar-refractivity contribution in [2.75, 3.05) is 40.4 Å². The summed E-state index contributed by atoms with van der Waals surface area (Å²) in [7, 11) is 1.44. The highest BCUT2D eigenvalue weighted by molar-refractivity contribution is 7.86. The lowest BCUT2D eigenvalue weighted by Gasteiger charge is -2.32. The highest BCUT2D eigenvalue weighted by Crippen LogP contribution is 2.24. The van der Waals surface area contributed by atoms with Gasteiger partial charge in [-0.2, -0.15) is 22.1 Å². The number of halogens is 1. The topological polar surface area (TPSA) is 76.9 Å². The maximum absolute atomic E-state index is 12.4. The van der Waals surface area contributed by atoms with E-state index in [9.17, 15) is 8.42 Å². The van der Waals surface area contributed by atoms with E-state index in [4.69, 9.17) is 21.1 Å². The lowest BCUT2D eigenvalue weighted by atomic mass is 10.2. The van der Waals surface area contributed by atoms with Crippen LogP contribution < -0.4 is 4.74 Å². The molecule has 0 N–H and O–H groups in total. The molecule has 2 aromatic rings. The van der Waals surface area contributed by atoms with Crippen LogP contribution in [0, 0.1) is 0 Å². The zero-order valence-electron chi connectivity index (χ0n) is 16.2. The van der Waals surface area contributed by atoms with Crippen LogP contribution >= 0.6 is 11.6 Å². The number of aromatic nitrogens is 2. The Balaban J connectivity index is 1.62. The lowest BCUT2D eigenvalue weighted by Crippen LogP contribution is -2.47. The van der Waals surface area contributed by atoms with Crippen LogP contribution in [0.25, 0.3) is 0 Å². The third-order valence-corrected chi connectivity index (χ3v) is 6.74. The number of ether oxygens (including phenoxy) is 2. The maximum atomic E-state index is 12.4. The highest BCUT2D eigenvalue weighted by atomic mass is 35.5. The molecule has 0 saturated carbocycles. The van der Waals surface area contributed by atoms with Crippen LogP contribution in [0.2, 0.25) is 5.02 Å². The first-order valence-corrected chi connectivity index (χ1v) is 10.8. The largest absolute Gasteiger partial charge is 0.493 e. The summed E-state index contributed by atoms with van der Waals surface area (Å²) in [4.78, 5) is 0. The summed E-state index contributed by atoms with van der Waals surface area (Å²) >= 11 is 5.87. The number of rotatable bonds is 7. The molecule has 0 bridgehead atoms. The van der Waals surface area contributed by atoms with Crippen LogP contribution in [0.1, 0.15) is 17.5 Å². The van der Waals surface area contributed by atoms with Crippen LogP contribution in [0.3, 0.4) is 0 Å². The molecule has 1 aromatic carbocycles. The Morgan fingerprint density at radius 3 is 2.71 bits per heavy atom. The number of hydrogen-bond acceptors (Lipinski definition) is 5. The first-order chi connectivity index (χ1) is 13.3. The third kappa shape index (κ3) is 4.84. The van der Waals surface area contributed by atoms with Crippen molar-refractivity contribution in [3.8, 4) is 5.75 Å². The minimum absolute atomic E-state index is 0.248. The van der Waals surface area contributed by atoms with Gasteiger partial charge >= 0.3 is 0 Å². The second-order valence-corrected chi connectivity index (χ2v) is 9.32. The molecule has 1 aliphatic rings. The van der Waals surface area contributed by atoms with Crippen molar-refractivity contribution in [1.82, 2.24) is 18.4 Å². The minimum atomic E-state index is -3.47. The Bertz CT molecular complexity index is 899. The van der Waals surface area contributed by atoms with E-state index in [-0.39, 0.29) is 12.6 Å². The molecule has 2 heterocycles. The number of aryl methyl sites for hydroxylation is 1. The molecule has 0 radical (unpaired) electrons. The van der Waals surface area contributed by atoms with Crippen molar-refractivity contribution < 1.29 is 17.9 Å². The minimum Gasteiger partial charge on any atom is -0.493 e. The Morgan fingerprint density at radius 1 is 1.32 bits per heavy atom. The molecule has 1 saturated heterocycles. The van der Waals surface area contributed by atoms with Crippen LogP contribution in [0.15, 0.2) is 30.3 Å². The summed E-state index contributed by atoms with van der Waals surface area (Å²) in [5.74, 6) is 0.756. The van der Waals surface area contributed by atoms with Crippen molar-refractivity contribution in [2.45, 2.75) is 12.5 Å². The molecule has 154 valence electrons. The summed E-state index contributed by atoms with van der Waals surface area (Å²) < 4.78 is 40.7. The zero-order valence-corrected chi connectivity index (χ0v) is 17.8. The monoisotopic (exact) mass is 428 g/mol. The fourth-order valence-corrected chi connectivity index (χ4v) is 4.19. The van der Waals surface area contributed by atoms with Gasteiger partial charge < -0.3 is 9.47 Å². The van der Waals surface area contributed by atoms with Gasteiger partial charge in [0.05, 0.1) is 18.9 Å². The first kappa shape index (κ1) is 21.1. The van der Waals surface area contributed by atoms with Gasteiger partial charge in [-0.3, -0.25) is 4.68 Å². The molecule has 8 nitrogen and oxygen atoms in total. The fraction of sp³-hybridized carbons (Fsp3) is 0.500. The van der Waals surface area contributed by atoms with Crippen LogP contribution in [0.5, 0.6) is 5.75 Å². The molecule has 0 spiro atoms. The van der Waals surface area contributed by atoms with Crippen molar-refractivity contribution >= 4 is 21.8 Å². The molecule has 1 unspecified atom stereocenters. The van der Waals surface area contributed by atoms with E-state index in [1.807, 2.05) is 25.2 Å². The maximum Gasteiger partial charge on any atom is 0.281 e. The van der Waals surface area contributed by atoms with Gasteiger partial charge in [-0.1, -0.05) is 11.6 Å². The van der Waals surface area contributed by atoms with E-state index in [0.29, 0.717) is 31.2 Å². The number of benzene rings is 1. The van der Waals surface area contributed by atoms with E-state index >= 15 is 0 Å². The normalized spacial score (nSPS) is 18.5. The average molecular weight is 429 g/mol. The molecule has 1 aromatic heterocycles. The van der Waals surface area contributed by atoms with Crippen LogP contribution in [-0.4, -0.2) is 67.2 Å². The zero-order chi connectivity index (χ0) is 20.3. The van der Waals surface area contributed by atoms with E-state index in [0.717, 1.165) is 17.1 Å². The van der Waals surface area contributed by atoms with Gasteiger partial charge in [-0.15, -0.1) is 0 Å². The molecular weight excluding hydrogens is 404 g/mol. The van der Waals surface area contributed by atoms with Gasteiger partial charge in [0, 0.05) is 51.4 Å². The van der Waals surface area contributed by atoms with Crippen molar-refractivity contribution in [1.29, 1.82) is 0 Å². The molecule has 3 rings (SSSR count). The molecule has 1 aliphatic heterocycles. The van der Waals surface area contributed by atoms with Gasteiger partial charge in [0.2, 0.25) is 0 Å². The third-order valence-electron chi connectivity index (χ3n) is 4.58. The second kappa shape index (κ2) is 8.79. The van der Waals surface area contributed by atoms with E-state index in [2.05, 4.69) is 5.10 Å². The molecule has 28 heavy (non-hydrogen) atoms. The predicted octanol–water partition coefficient (Wildman–Crippen LogP) is 1.87. The smallest absolute Gasteiger partial charge is 0.281 e.